The normalized spacial score (nSPS) is 11.2. The molecule has 1 rings (SSSR count). The fourth-order valence-corrected chi connectivity index (χ4v) is 2.08. The lowest BCUT2D eigenvalue weighted by atomic mass is 10.2. The van der Waals surface area contributed by atoms with Crippen LogP contribution in [0.5, 0.6) is 0 Å². The third-order valence-corrected chi connectivity index (χ3v) is 3.41. The van der Waals surface area contributed by atoms with Gasteiger partial charge in [-0.15, -0.1) is 0 Å². The zero-order chi connectivity index (χ0) is 17.5. The van der Waals surface area contributed by atoms with Crippen LogP contribution in [0.4, 0.5) is 0 Å². The molecule has 0 aromatic heterocycles. The maximum absolute atomic E-state index is 11.8. The summed E-state index contributed by atoms with van der Waals surface area (Å²) in [6.45, 7) is 5.52. The van der Waals surface area contributed by atoms with E-state index in [1.165, 1.54) is 0 Å². The molecule has 0 aliphatic rings. The summed E-state index contributed by atoms with van der Waals surface area (Å²) in [5.74, 6) is 0.751. The lowest BCUT2D eigenvalue weighted by molar-refractivity contribution is -0.121. The summed E-state index contributed by atoms with van der Waals surface area (Å²) in [7, 11) is 1.73. The van der Waals surface area contributed by atoms with Crippen LogP contribution in [0.2, 0.25) is 0 Å². The van der Waals surface area contributed by atoms with Gasteiger partial charge in [0.25, 0.3) is 0 Å². The molecule has 1 aromatic carbocycles. The van der Waals surface area contributed by atoms with Crippen LogP contribution in [0, 0.1) is 0 Å². The number of guanidine groups is 1. The van der Waals surface area contributed by atoms with Gasteiger partial charge in [-0.3, -0.25) is 9.79 Å². The largest absolute Gasteiger partial charge is 0.382 e. The average Bonchev–Trinajstić information content (AvgIpc) is 2.62. The number of ether oxygens (including phenoxy) is 1. The Morgan fingerprint density at radius 1 is 1.08 bits per heavy atom. The number of amides is 1. The summed E-state index contributed by atoms with van der Waals surface area (Å²) in [5, 5.41) is 9.29. The van der Waals surface area contributed by atoms with Crippen LogP contribution < -0.4 is 16.0 Å². The van der Waals surface area contributed by atoms with Crippen LogP contribution in [0.1, 0.15) is 31.7 Å². The third kappa shape index (κ3) is 9.84. The Bertz CT molecular complexity index is 477. The third-order valence-electron chi connectivity index (χ3n) is 3.41. The zero-order valence-electron chi connectivity index (χ0n) is 14.8. The van der Waals surface area contributed by atoms with Crippen LogP contribution in [0.15, 0.2) is 35.3 Å². The van der Waals surface area contributed by atoms with Crippen LogP contribution in [-0.4, -0.2) is 45.2 Å². The first-order valence-electron chi connectivity index (χ1n) is 8.59. The molecule has 0 fully saturated rings. The molecule has 134 valence electrons. The highest BCUT2D eigenvalue weighted by Crippen LogP contribution is 1.97. The van der Waals surface area contributed by atoms with E-state index < -0.39 is 0 Å². The van der Waals surface area contributed by atoms with Crippen molar-refractivity contribution in [2.45, 2.75) is 32.7 Å². The van der Waals surface area contributed by atoms with Crippen molar-refractivity contribution in [3.63, 3.8) is 0 Å². The molecule has 0 unspecified atom stereocenters. The molecule has 0 radical (unpaired) electrons. The molecule has 0 bridgehead atoms. The maximum atomic E-state index is 11.8. The second kappa shape index (κ2) is 13.4. The van der Waals surface area contributed by atoms with Gasteiger partial charge < -0.3 is 20.7 Å². The summed E-state index contributed by atoms with van der Waals surface area (Å²) in [5.41, 5.74) is 1.10. The van der Waals surface area contributed by atoms with Crippen LogP contribution in [-0.2, 0) is 16.1 Å². The minimum absolute atomic E-state index is 0.0264. The number of hydrogen-bond acceptors (Lipinski definition) is 3. The quantitative estimate of drug-likeness (QED) is 0.327. The Hall–Kier alpha value is -2.08. The Kier molecular flexibility index (Phi) is 11.1. The number of carbonyl (C=O) groups is 1. The Morgan fingerprint density at radius 3 is 2.54 bits per heavy atom. The number of nitrogens with one attached hydrogen (secondary N) is 3. The van der Waals surface area contributed by atoms with Crippen molar-refractivity contribution in [1.82, 2.24) is 16.0 Å². The van der Waals surface area contributed by atoms with Gasteiger partial charge in [0.15, 0.2) is 5.96 Å². The highest BCUT2D eigenvalue weighted by molar-refractivity contribution is 5.81. The fraction of sp³-hybridized carbons (Fsp3) is 0.556. The van der Waals surface area contributed by atoms with Crippen molar-refractivity contribution in [2.24, 2.45) is 4.99 Å². The standard InChI is InChI=1S/C18H30N4O2/c1-3-24-14-8-7-12-20-18(19-2)21-13-11-17(23)22-15-16-9-5-4-6-10-16/h4-6,9-10H,3,7-8,11-15H2,1-2H3,(H,22,23)(H2,19,20,21). The number of hydrogen-bond donors (Lipinski definition) is 3. The van der Waals surface area contributed by atoms with Gasteiger partial charge in [-0.2, -0.15) is 0 Å². The van der Waals surface area contributed by atoms with Crippen molar-refractivity contribution >= 4 is 11.9 Å². The van der Waals surface area contributed by atoms with E-state index >= 15 is 0 Å². The molecule has 6 heteroatoms. The lowest BCUT2D eigenvalue weighted by Crippen LogP contribution is -2.39. The van der Waals surface area contributed by atoms with E-state index in [-0.39, 0.29) is 5.91 Å². The van der Waals surface area contributed by atoms with E-state index in [1.807, 2.05) is 37.3 Å². The van der Waals surface area contributed by atoms with Crippen molar-refractivity contribution in [1.29, 1.82) is 0 Å². The Labute approximate surface area is 145 Å². The predicted molar refractivity (Wildman–Crippen MR) is 98.0 cm³/mol. The van der Waals surface area contributed by atoms with Gasteiger partial charge in [0.2, 0.25) is 5.91 Å². The molecule has 0 saturated heterocycles. The molecule has 1 aromatic rings. The lowest BCUT2D eigenvalue weighted by Gasteiger charge is -2.12. The molecule has 0 heterocycles. The number of aliphatic imine (C=N–C) groups is 1. The summed E-state index contributed by atoms with van der Waals surface area (Å²) in [4.78, 5) is 16.0. The molecule has 0 atom stereocenters. The van der Waals surface area contributed by atoms with Crippen LogP contribution in [0.3, 0.4) is 0 Å². The van der Waals surface area contributed by atoms with Gasteiger partial charge in [-0.1, -0.05) is 30.3 Å². The number of unbranched alkanes of at least 4 members (excludes halogenated alkanes) is 1. The summed E-state index contributed by atoms with van der Waals surface area (Å²) >= 11 is 0. The number of benzene rings is 1. The molecule has 24 heavy (non-hydrogen) atoms. The van der Waals surface area contributed by atoms with Crippen molar-refractivity contribution in [3.05, 3.63) is 35.9 Å². The number of nitrogens with zero attached hydrogens (tertiary/aromatic N) is 1. The molecule has 1 amide bonds. The van der Waals surface area contributed by atoms with E-state index in [9.17, 15) is 4.79 Å². The van der Waals surface area contributed by atoms with E-state index in [0.29, 0.717) is 19.5 Å². The number of carbonyl (C=O) groups excluding carboxylic acids is 1. The molecule has 0 saturated carbocycles. The molecule has 6 nitrogen and oxygen atoms in total. The highest BCUT2D eigenvalue weighted by Gasteiger charge is 2.02. The molecule has 0 aliphatic heterocycles. The molecule has 0 aliphatic carbocycles. The molecular weight excluding hydrogens is 304 g/mol. The number of rotatable bonds is 11. The first-order valence-corrected chi connectivity index (χ1v) is 8.59. The zero-order valence-corrected chi connectivity index (χ0v) is 14.8. The van der Waals surface area contributed by atoms with Crippen molar-refractivity contribution in [3.8, 4) is 0 Å². The smallest absolute Gasteiger partial charge is 0.222 e. The van der Waals surface area contributed by atoms with Crippen LogP contribution >= 0.6 is 0 Å². The van der Waals surface area contributed by atoms with Gasteiger partial charge in [0.05, 0.1) is 0 Å². The van der Waals surface area contributed by atoms with E-state index in [1.54, 1.807) is 7.05 Å². The SMILES string of the molecule is CCOCCCCNC(=NC)NCCC(=O)NCc1ccccc1. The summed E-state index contributed by atoms with van der Waals surface area (Å²) < 4.78 is 5.29. The monoisotopic (exact) mass is 334 g/mol. The fourth-order valence-electron chi connectivity index (χ4n) is 2.08. The minimum Gasteiger partial charge on any atom is -0.382 e. The van der Waals surface area contributed by atoms with E-state index in [0.717, 1.165) is 44.1 Å². The minimum atomic E-state index is 0.0264. The van der Waals surface area contributed by atoms with Gasteiger partial charge in [0, 0.05) is 46.3 Å². The summed E-state index contributed by atoms with van der Waals surface area (Å²) in [6.07, 6.45) is 2.47. The predicted octanol–water partition coefficient (Wildman–Crippen LogP) is 1.67. The second-order valence-electron chi connectivity index (χ2n) is 5.34. The van der Waals surface area contributed by atoms with E-state index in [2.05, 4.69) is 20.9 Å². The van der Waals surface area contributed by atoms with Gasteiger partial charge in [0.1, 0.15) is 0 Å². The molecule has 0 spiro atoms. The molecule has 3 N–H and O–H groups in total. The second-order valence-corrected chi connectivity index (χ2v) is 5.34. The Balaban J connectivity index is 2.07. The van der Waals surface area contributed by atoms with Crippen LogP contribution in [0.25, 0.3) is 0 Å². The Morgan fingerprint density at radius 2 is 1.83 bits per heavy atom. The van der Waals surface area contributed by atoms with Crippen molar-refractivity contribution < 1.29 is 9.53 Å². The highest BCUT2D eigenvalue weighted by atomic mass is 16.5. The summed E-state index contributed by atoms with van der Waals surface area (Å²) in [6, 6.07) is 9.89. The first-order chi connectivity index (χ1) is 11.8. The van der Waals surface area contributed by atoms with Gasteiger partial charge in [-0.05, 0) is 25.3 Å². The van der Waals surface area contributed by atoms with Crippen molar-refractivity contribution in [2.75, 3.05) is 33.4 Å². The maximum Gasteiger partial charge on any atom is 0.222 e. The molecular formula is C18H30N4O2. The van der Waals surface area contributed by atoms with E-state index in [4.69, 9.17) is 4.74 Å². The van der Waals surface area contributed by atoms with Gasteiger partial charge in [-0.25, -0.2) is 0 Å². The topological polar surface area (TPSA) is 74.8 Å². The first kappa shape index (κ1) is 20.0. The average molecular weight is 334 g/mol. The van der Waals surface area contributed by atoms with Gasteiger partial charge >= 0.3 is 0 Å².